The summed E-state index contributed by atoms with van der Waals surface area (Å²) in [6.07, 6.45) is 29.4. The monoisotopic (exact) mass is 437 g/mol. The molecule has 0 aliphatic carbocycles. The predicted octanol–water partition coefficient (Wildman–Crippen LogP) is 8.82. The predicted molar refractivity (Wildman–Crippen MR) is 136 cm³/mol. The second kappa shape index (κ2) is 23.7. The summed E-state index contributed by atoms with van der Waals surface area (Å²) in [4.78, 5) is 13.6. The molecule has 0 N–H and O–H groups in total. The van der Waals surface area contributed by atoms with Crippen LogP contribution in [0.15, 0.2) is 11.8 Å². The fourth-order valence-corrected chi connectivity index (χ4v) is 4.08. The van der Waals surface area contributed by atoms with Crippen molar-refractivity contribution in [2.45, 2.75) is 142 Å². The summed E-state index contributed by atoms with van der Waals surface area (Å²) in [5, 5.41) is 0. The molecule has 0 atom stereocenters. The fraction of sp³-hybridized carbons (Fsp3) is 0.893. The standard InChI is InChI=1S/C28H55NO2/c1-5-6-7-8-9-10-11-12-13-14-15-16-17-18-19-20-21-22-23-24-25-31-28(30)27(2)26-29(3)4/h26H,5-25H2,1-4H3. The van der Waals surface area contributed by atoms with E-state index in [-0.39, 0.29) is 5.97 Å². The quantitative estimate of drug-likeness (QED) is 0.0908. The zero-order valence-electron chi connectivity index (χ0n) is 21.7. The van der Waals surface area contributed by atoms with Crippen molar-refractivity contribution in [3.63, 3.8) is 0 Å². The molecule has 0 amide bonds. The number of nitrogens with zero attached hydrogens (tertiary/aromatic N) is 1. The van der Waals surface area contributed by atoms with E-state index in [0.29, 0.717) is 12.2 Å². The van der Waals surface area contributed by atoms with Gasteiger partial charge in [-0.25, -0.2) is 4.79 Å². The third kappa shape index (κ3) is 23.5. The van der Waals surface area contributed by atoms with Crippen LogP contribution in [0.25, 0.3) is 0 Å². The van der Waals surface area contributed by atoms with E-state index < -0.39 is 0 Å². The maximum absolute atomic E-state index is 11.8. The molecule has 0 spiro atoms. The van der Waals surface area contributed by atoms with Gasteiger partial charge in [-0.1, -0.05) is 129 Å². The van der Waals surface area contributed by atoms with Crippen molar-refractivity contribution < 1.29 is 9.53 Å². The van der Waals surface area contributed by atoms with Gasteiger partial charge in [-0.05, 0) is 13.3 Å². The molecule has 184 valence electrons. The van der Waals surface area contributed by atoms with Crippen molar-refractivity contribution in [2.24, 2.45) is 0 Å². The lowest BCUT2D eigenvalue weighted by molar-refractivity contribution is -0.139. The van der Waals surface area contributed by atoms with Crippen molar-refractivity contribution in [3.05, 3.63) is 11.8 Å². The highest BCUT2D eigenvalue weighted by atomic mass is 16.5. The Morgan fingerprint density at radius 1 is 0.613 bits per heavy atom. The number of unbranched alkanes of at least 4 members (excludes halogenated alkanes) is 19. The summed E-state index contributed by atoms with van der Waals surface area (Å²) < 4.78 is 5.31. The second-order valence-electron chi connectivity index (χ2n) is 9.63. The van der Waals surface area contributed by atoms with Crippen LogP contribution < -0.4 is 0 Å². The molecular weight excluding hydrogens is 382 g/mol. The molecule has 0 unspecified atom stereocenters. The number of ether oxygens (including phenoxy) is 1. The average molecular weight is 438 g/mol. The Morgan fingerprint density at radius 2 is 0.935 bits per heavy atom. The number of esters is 1. The van der Waals surface area contributed by atoms with E-state index in [1.807, 2.05) is 19.0 Å². The summed E-state index contributed by atoms with van der Waals surface area (Å²) in [6.45, 7) is 4.65. The van der Waals surface area contributed by atoms with Gasteiger partial charge >= 0.3 is 5.97 Å². The van der Waals surface area contributed by atoms with Gasteiger partial charge in [0.1, 0.15) is 0 Å². The molecule has 0 aromatic heterocycles. The third-order valence-electron chi connectivity index (χ3n) is 6.00. The Morgan fingerprint density at radius 3 is 1.26 bits per heavy atom. The topological polar surface area (TPSA) is 29.5 Å². The molecule has 0 rings (SSSR count). The highest BCUT2D eigenvalue weighted by Crippen LogP contribution is 2.14. The number of rotatable bonds is 23. The zero-order chi connectivity index (χ0) is 23.0. The Labute approximate surface area is 195 Å². The second-order valence-corrected chi connectivity index (χ2v) is 9.63. The lowest BCUT2D eigenvalue weighted by atomic mass is 10.0. The van der Waals surface area contributed by atoms with Gasteiger partial charge in [-0.3, -0.25) is 0 Å². The van der Waals surface area contributed by atoms with Crippen LogP contribution >= 0.6 is 0 Å². The SMILES string of the molecule is CCCCCCCCCCCCCCCCCCCCCCOC(=O)C(C)=CN(C)C. The molecule has 0 aromatic rings. The van der Waals surface area contributed by atoms with Crippen molar-refractivity contribution in [1.82, 2.24) is 4.90 Å². The maximum atomic E-state index is 11.8. The van der Waals surface area contributed by atoms with Gasteiger partial charge in [0.25, 0.3) is 0 Å². The maximum Gasteiger partial charge on any atom is 0.335 e. The molecule has 0 saturated heterocycles. The number of hydrogen-bond donors (Lipinski definition) is 0. The van der Waals surface area contributed by atoms with E-state index in [2.05, 4.69) is 6.92 Å². The van der Waals surface area contributed by atoms with Crippen LogP contribution in [0.1, 0.15) is 142 Å². The van der Waals surface area contributed by atoms with Crippen LogP contribution in [0, 0.1) is 0 Å². The minimum absolute atomic E-state index is 0.188. The summed E-state index contributed by atoms with van der Waals surface area (Å²) >= 11 is 0. The van der Waals surface area contributed by atoms with E-state index in [4.69, 9.17) is 4.74 Å². The van der Waals surface area contributed by atoms with Crippen LogP contribution in [0.5, 0.6) is 0 Å². The molecule has 0 aliphatic rings. The van der Waals surface area contributed by atoms with Gasteiger partial charge < -0.3 is 9.64 Å². The van der Waals surface area contributed by atoms with E-state index >= 15 is 0 Å². The lowest BCUT2D eigenvalue weighted by Crippen LogP contribution is -2.11. The van der Waals surface area contributed by atoms with E-state index in [0.717, 1.165) is 6.42 Å². The smallest absolute Gasteiger partial charge is 0.335 e. The zero-order valence-corrected chi connectivity index (χ0v) is 21.7. The minimum Gasteiger partial charge on any atom is -0.462 e. The summed E-state index contributed by atoms with van der Waals surface area (Å²) in [5.74, 6) is -0.188. The molecule has 3 heteroatoms. The van der Waals surface area contributed by atoms with Crippen LogP contribution in [-0.4, -0.2) is 31.6 Å². The van der Waals surface area contributed by atoms with E-state index in [1.165, 1.54) is 122 Å². The largest absolute Gasteiger partial charge is 0.462 e. The van der Waals surface area contributed by atoms with Gasteiger partial charge in [-0.15, -0.1) is 0 Å². The molecule has 0 heterocycles. The van der Waals surface area contributed by atoms with Crippen LogP contribution in [0.3, 0.4) is 0 Å². The summed E-state index contributed by atoms with van der Waals surface area (Å²) in [7, 11) is 3.82. The van der Waals surface area contributed by atoms with Crippen LogP contribution in [0.4, 0.5) is 0 Å². The molecule has 0 aromatic carbocycles. The number of carbonyl (C=O) groups excluding carboxylic acids is 1. The fourth-order valence-electron chi connectivity index (χ4n) is 4.08. The minimum atomic E-state index is -0.188. The Balaban J connectivity index is 3.18. The molecule has 0 saturated carbocycles. The van der Waals surface area contributed by atoms with Crippen LogP contribution in [0.2, 0.25) is 0 Å². The first kappa shape index (κ1) is 30.0. The highest BCUT2D eigenvalue weighted by Gasteiger charge is 2.05. The van der Waals surface area contributed by atoms with Crippen molar-refractivity contribution in [2.75, 3.05) is 20.7 Å². The first-order valence-corrected chi connectivity index (χ1v) is 13.6. The molecule has 0 aliphatic heterocycles. The average Bonchev–Trinajstić information content (AvgIpc) is 2.74. The number of carbonyl (C=O) groups is 1. The van der Waals surface area contributed by atoms with Crippen molar-refractivity contribution in [1.29, 1.82) is 0 Å². The number of hydrogen-bond acceptors (Lipinski definition) is 3. The van der Waals surface area contributed by atoms with Crippen LogP contribution in [-0.2, 0) is 9.53 Å². The molecule has 0 bridgehead atoms. The molecule has 0 fully saturated rings. The Hall–Kier alpha value is -0.990. The highest BCUT2D eigenvalue weighted by molar-refractivity contribution is 5.87. The van der Waals surface area contributed by atoms with Gasteiger partial charge in [0.05, 0.1) is 6.61 Å². The summed E-state index contributed by atoms with van der Waals surface area (Å²) in [6, 6.07) is 0. The normalized spacial score (nSPS) is 11.7. The summed E-state index contributed by atoms with van der Waals surface area (Å²) in [5.41, 5.74) is 0.665. The molecular formula is C28H55NO2. The Kier molecular flexibility index (Phi) is 22.9. The lowest BCUT2D eigenvalue weighted by Gasteiger charge is -2.08. The van der Waals surface area contributed by atoms with E-state index in [1.54, 1.807) is 13.1 Å². The first-order valence-electron chi connectivity index (χ1n) is 13.6. The van der Waals surface area contributed by atoms with E-state index in [9.17, 15) is 4.79 Å². The van der Waals surface area contributed by atoms with Crippen molar-refractivity contribution >= 4 is 5.97 Å². The van der Waals surface area contributed by atoms with Gasteiger partial charge in [-0.2, -0.15) is 0 Å². The van der Waals surface area contributed by atoms with Gasteiger partial charge in [0, 0.05) is 25.9 Å². The Bertz CT molecular complexity index is 417. The van der Waals surface area contributed by atoms with Gasteiger partial charge in [0.15, 0.2) is 0 Å². The first-order chi connectivity index (χ1) is 15.1. The third-order valence-corrected chi connectivity index (χ3v) is 6.00. The molecule has 31 heavy (non-hydrogen) atoms. The van der Waals surface area contributed by atoms with Crippen molar-refractivity contribution in [3.8, 4) is 0 Å². The molecule has 0 radical (unpaired) electrons. The molecule has 3 nitrogen and oxygen atoms in total. The van der Waals surface area contributed by atoms with Gasteiger partial charge in [0.2, 0.25) is 0 Å².